The first-order valence-electron chi connectivity index (χ1n) is 4.33. The van der Waals surface area contributed by atoms with Gasteiger partial charge in [-0.1, -0.05) is 0 Å². The van der Waals surface area contributed by atoms with Crippen molar-refractivity contribution in [2.45, 2.75) is 25.8 Å². The molecule has 0 aromatic carbocycles. The van der Waals surface area contributed by atoms with Crippen molar-refractivity contribution in [3.8, 4) is 0 Å². The highest BCUT2D eigenvalue weighted by Gasteiger charge is 2.06. The van der Waals surface area contributed by atoms with Gasteiger partial charge in [-0.3, -0.25) is 10.2 Å². The molecule has 1 unspecified atom stereocenters. The molecule has 6 N–H and O–H groups in total. The molecule has 0 rings (SSSR count). The predicted molar refractivity (Wildman–Crippen MR) is 52.7 cm³/mol. The van der Waals surface area contributed by atoms with Gasteiger partial charge in [0.2, 0.25) is 0 Å². The molecule has 0 amide bonds. The zero-order valence-corrected chi connectivity index (χ0v) is 7.97. The van der Waals surface area contributed by atoms with Crippen LogP contribution in [-0.4, -0.2) is 30.8 Å². The Labute approximate surface area is 78.4 Å². The molecule has 5 nitrogen and oxygen atoms in total. The van der Waals surface area contributed by atoms with Crippen LogP contribution >= 0.6 is 0 Å². The summed E-state index contributed by atoms with van der Waals surface area (Å²) in [7, 11) is 0. The van der Waals surface area contributed by atoms with Gasteiger partial charge in [-0.05, 0) is 26.3 Å². The zero-order chi connectivity index (χ0) is 10.3. The van der Waals surface area contributed by atoms with E-state index in [2.05, 4.69) is 5.32 Å². The minimum absolute atomic E-state index is 0.0200. The third kappa shape index (κ3) is 7.42. The smallest absolute Gasteiger partial charge is 0.146 e. The number of hydrogen-bond acceptors (Lipinski definition) is 4. The van der Waals surface area contributed by atoms with Gasteiger partial charge in [-0.15, -0.1) is 0 Å². The lowest BCUT2D eigenvalue weighted by Crippen LogP contribution is -2.31. The molecule has 1 atom stereocenters. The van der Waals surface area contributed by atoms with E-state index in [4.69, 9.17) is 16.9 Å². The molecule has 0 saturated heterocycles. The van der Waals surface area contributed by atoms with Crippen LogP contribution in [0, 0.1) is 5.41 Å². The SMILES string of the molecule is CC(=O)C(N)CCCNCC(=N)N. The standard InChI is InChI=1S/C8H18N4O/c1-6(13)7(9)3-2-4-12-5-8(10)11/h7,12H,2-5,9H2,1H3,(H3,10,11). The molecule has 76 valence electrons. The highest BCUT2D eigenvalue weighted by molar-refractivity contribution is 5.81. The van der Waals surface area contributed by atoms with E-state index < -0.39 is 0 Å². The van der Waals surface area contributed by atoms with Crippen molar-refractivity contribution in [2.24, 2.45) is 11.5 Å². The second-order valence-electron chi connectivity index (χ2n) is 3.06. The van der Waals surface area contributed by atoms with E-state index in [9.17, 15) is 4.79 Å². The summed E-state index contributed by atoms with van der Waals surface area (Å²) in [6.07, 6.45) is 1.51. The number of Topliss-reactive ketones (excluding diaryl/α,β-unsaturated/α-hetero) is 1. The molecule has 0 aromatic heterocycles. The summed E-state index contributed by atoms with van der Waals surface area (Å²) >= 11 is 0. The van der Waals surface area contributed by atoms with Crippen molar-refractivity contribution < 1.29 is 4.79 Å². The minimum atomic E-state index is -0.348. The van der Waals surface area contributed by atoms with Crippen molar-refractivity contribution in [2.75, 3.05) is 13.1 Å². The van der Waals surface area contributed by atoms with Crippen LogP contribution in [0.1, 0.15) is 19.8 Å². The van der Waals surface area contributed by atoms with Gasteiger partial charge < -0.3 is 16.8 Å². The summed E-state index contributed by atoms with van der Waals surface area (Å²) in [5.41, 5.74) is 10.6. The van der Waals surface area contributed by atoms with E-state index in [1.54, 1.807) is 0 Å². The summed E-state index contributed by atoms with van der Waals surface area (Å²) in [6, 6.07) is -0.348. The average molecular weight is 186 g/mol. The van der Waals surface area contributed by atoms with Crippen LogP contribution in [0.4, 0.5) is 0 Å². The third-order valence-electron chi connectivity index (χ3n) is 1.71. The van der Waals surface area contributed by atoms with E-state index in [0.29, 0.717) is 13.0 Å². The summed E-state index contributed by atoms with van der Waals surface area (Å²) in [5.74, 6) is 0.141. The van der Waals surface area contributed by atoms with Gasteiger partial charge in [-0.25, -0.2) is 0 Å². The molecule has 0 aliphatic carbocycles. The van der Waals surface area contributed by atoms with Crippen LogP contribution in [-0.2, 0) is 4.79 Å². The van der Waals surface area contributed by atoms with E-state index in [0.717, 1.165) is 13.0 Å². The number of nitrogens with one attached hydrogen (secondary N) is 2. The van der Waals surface area contributed by atoms with E-state index in [-0.39, 0.29) is 17.7 Å². The number of nitrogens with two attached hydrogens (primary N) is 2. The summed E-state index contributed by atoms with van der Waals surface area (Å²) in [5, 5.41) is 9.88. The van der Waals surface area contributed by atoms with E-state index in [1.165, 1.54) is 6.92 Å². The number of ketones is 1. The third-order valence-corrected chi connectivity index (χ3v) is 1.71. The van der Waals surface area contributed by atoms with Gasteiger partial charge in [0, 0.05) is 0 Å². The molecule has 0 aliphatic rings. The van der Waals surface area contributed by atoms with Gasteiger partial charge in [-0.2, -0.15) is 0 Å². The zero-order valence-electron chi connectivity index (χ0n) is 7.97. The molecule has 0 spiro atoms. The Morgan fingerprint density at radius 2 is 2.23 bits per heavy atom. The molecule has 0 saturated carbocycles. The number of rotatable bonds is 7. The Morgan fingerprint density at radius 3 is 2.69 bits per heavy atom. The Kier molecular flexibility index (Phi) is 6.09. The Bertz CT molecular complexity index is 181. The molecule has 0 aromatic rings. The van der Waals surface area contributed by atoms with Gasteiger partial charge in [0.15, 0.2) is 0 Å². The fourth-order valence-electron chi connectivity index (χ4n) is 0.873. The fraction of sp³-hybridized carbons (Fsp3) is 0.750. The molecule has 0 aliphatic heterocycles. The molecule has 0 heterocycles. The summed E-state index contributed by atoms with van der Waals surface area (Å²) < 4.78 is 0. The van der Waals surface area contributed by atoms with Crippen LogP contribution in [0.25, 0.3) is 0 Å². The molecular weight excluding hydrogens is 168 g/mol. The van der Waals surface area contributed by atoms with Crippen LogP contribution < -0.4 is 16.8 Å². The van der Waals surface area contributed by atoms with Crippen LogP contribution in [0.3, 0.4) is 0 Å². The Balaban J connectivity index is 3.26. The fourth-order valence-corrected chi connectivity index (χ4v) is 0.873. The number of carbonyl (C=O) groups excluding carboxylic acids is 1. The molecular formula is C8H18N4O. The molecule has 0 fully saturated rings. The summed E-state index contributed by atoms with van der Waals surface area (Å²) in [4.78, 5) is 10.7. The van der Waals surface area contributed by atoms with Gasteiger partial charge >= 0.3 is 0 Å². The number of amidine groups is 1. The van der Waals surface area contributed by atoms with Gasteiger partial charge in [0.1, 0.15) is 11.6 Å². The number of carbonyl (C=O) groups is 1. The van der Waals surface area contributed by atoms with Gasteiger partial charge in [0.25, 0.3) is 0 Å². The van der Waals surface area contributed by atoms with Crippen molar-refractivity contribution >= 4 is 11.6 Å². The van der Waals surface area contributed by atoms with Crippen LogP contribution in [0.15, 0.2) is 0 Å². The minimum Gasteiger partial charge on any atom is -0.387 e. The van der Waals surface area contributed by atoms with E-state index in [1.807, 2.05) is 0 Å². The second kappa shape index (κ2) is 6.56. The predicted octanol–water partition coefficient (Wildman–Crippen LogP) is -0.792. The second-order valence-corrected chi connectivity index (χ2v) is 3.06. The Hall–Kier alpha value is -0.940. The molecule has 13 heavy (non-hydrogen) atoms. The molecule has 0 bridgehead atoms. The lowest BCUT2D eigenvalue weighted by Gasteiger charge is -2.07. The molecule has 5 heteroatoms. The maximum atomic E-state index is 10.7. The lowest BCUT2D eigenvalue weighted by atomic mass is 10.1. The topological polar surface area (TPSA) is 105 Å². The normalized spacial score (nSPS) is 12.5. The number of hydrogen-bond donors (Lipinski definition) is 4. The van der Waals surface area contributed by atoms with Crippen molar-refractivity contribution in [3.05, 3.63) is 0 Å². The lowest BCUT2D eigenvalue weighted by molar-refractivity contribution is -0.118. The van der Waals surface area contributed by atoms with E-state index >= 15 is 0 Å². The highest BCUT2D eigenvalue weighted by Crippen LogP contribution is 1.93. The van der Waals surface area contributed by atoms with Gasteiger partial charge in [0.05, 0.1) is 12.6 Å². The van der Waals surface area contributed by atoms with Crippen LogP contribution in [0.5, 0.6) is 0 Å². The first kappa shape index (κ1) is 12.1. The monoisotopic (exact) mass is 186 g/mol. The van der Waals surface area contributed by atoms with Crippen LogP contribution in [0.2, 0.25) is 0 Å². The van der Waals surface area contributed by atoms with Crippen molar-refractivity contribution in [3.63, 3.8) is 0 Å². The highest BCUT2D eigenvalue weighted by atomic mass is 16.1. The summed E-state index contributed by atoms with van der Waals surface area (Å²) in [6.45, 7) is 2.63. The Morgan fingerprint density at radius 1 is 1.62 bits per heavy atom. The first-order valence-corrected chi connectivity index (χ1v) is 4.33. The largest absolute Gasteiger partial charge is 0.387 e. The quantitative estimate of drug-likeness (QED) is 0.237. The van der Waals surface area contributed by atoms with Crippen molar-refractivity contribution in [1.82, 2.24) is 5.32 Å². The maximum absolute atomic E-state index is 10.7. The molecule has 0 radical (unpaired) electrons. The van der Waals surface area contributed by atoms with Crippen molar-refractivity contribution in [1.29, 1.82) is 5.41 Å². The average Bonchev–Trinajstić information content (AvgIpc) is 2.02. The maximum Gasteiger partial charge on any atom is 0.146 e. The first-order chi connectivity index (χ1) is 6.04.